The van der Waals surface area contributed by atoms with Gasteiger partial charge in [-0.2, -0.15) is 0 Å². The number of urea groups is 1. The van der Waals surface area contributed by atoms with Crippen LogP contribution in [0.2, 0.25) is 0 Å². The summed E-state index contributed by atoms with van der Waals surface area (Å²) in [6.45, 7) is 0. The van der Waals surface area contributed by atoms with Crippen molar-refractivity contribution in [1.29, 1.82) is 0 Å². The van der Waals surface area contributed by atoms with Gasteiger partial charge in [-0.3, -0.25) is 25.0 Å². The molecule has 1 aliphatic rings. The quantitative estimate of drug-likeness (QED) is 0.653. The maximum Gasteiger partial charge on any atom is 0.328 e. The predicted octanol–water partition coefficient (Wildman–Crippen LogP) is 0.695. The lowest BCUT2D eigenvalue weighted by Crippen LogP contribution is -2.71. The monoisotopic (exact) mass is 383 g/mol. The Balaban J connectivity index is 2.04. The van der Waals surface area contributed by atoms with Crippen LogP contribution in [0.3, 0.4) is 0 Å². The van der Waals surface area contributed by atoms with Crippen molar-refractivity contribution >= 4 is 23.8 Å². The average molecular weight is 383 g/mol. The van der Waals surface area contributed by atoms with Gasteiger partial charge in [0.2, 0.25) is 5.54 Å². The second kappa shape index (κ2) is 7.39. The topological polar surface area (TPSA) is 123 Å². The molecule has 1 fully saturated rings. The maximum absolute atomic E-state index is 12.9. The van der Waals surface area contributed by atoms with Crippen LogP contribution in [-0.4, -0.2) is 38.0 Å². The molecule has 9 nitrogen and oxygen atoms in total. The third-order valence-electron chi connectivity index (χ3n) is 4.29. The minimum atomic E-state index is -2.11. The molecule has 144 valence electrons. The number of methoxy groups -OCH3 is 2. The average Bonchev–Trinajstić information content (AvgIpc) is 2.70. The summed E-state index contributed by atoms with van der Waals surface area (Å²) in [5.41, 5.74) is -1.78. The Kier molecular flexibility index (Phi) is 4.99. The summed E-state index contributed by atoms with van der Waals surface area (Å²) in [7, 11) is 2.87. The Bertz CT molecular complexity index is 937. The predicted molar refractivity (Wildman–Crippen MR) is 96.8 cm³/mol. The highest BCUT2D eigenvalue weighted by molar-refractivity contribution is 6.24. The Morgan fingerprint density at radius 1 is 0.893 bits per heavy atom. The molecule has 2 aromatic carbocycles. The molecule has 3 rings (SSSR count). The first-order chi connectivity index (χ1) is 13.4. The van der Waals surface area contributed by atoms with Crippen molar-refractivity contribution < 1.29 is 28.7 Å². The van der Waals surface area contributed by atoms with Crippen LogP contribution < -0.4 is 25.4 Å². The highest BCUT2D eigenvalue weighted by Gasteiger charge is 2.53. The normalized spacial score (nSPS) is 15.3. The summed E-state index contributed by atoms with van der Waals surface area (Å²) < 4.78 is 10.3. The molecule has 1 saturated heterocycles. The summed E-state index contributed by atoms with van der Waals surface area (Å²) in [5, 5.41) is 6.52. The zero-order chi connectivity index (χ0) is 20.3. The number of rotatable bonds is 5. The van der Waals surface area contributed by atoms with E-state index in [9.17, 15) is 19.2 Å². The molecule has 0 unspecified atom stereocenters. The zero-order valence-electron chi connectivity index (χ0n) is 15.1. The lowest BCUT2D eigenvalue weighted by atomic mass is 9.86. The van der Waals surface area contributed by atoms with Crippen molar-refractivity contribution in [2.24, 2.45) is 0 Å². The molecule has 0 bridgehead atoms. The van der Waals surface area contributed by atoms with Crippen molar-refractivity contribution in [1.82, 2.24) is 16.0 Å². The van der Waals surface area contributed by atoms with E-state index in [1.165, 1.54) is 44.6 Å². The van der Waals surface area contributed by atoms with E-state index in [-0.39, 0.29) is 11.1 Å². The van der Waals surface area contributed by atoms with Crippen LogP contribution in [0.25, 0.3) is 0 Å². The first-order valence-electron chi connectivity index (χ1n) is 8.19. The molecule has 0 aliphatic carbocycles. The van der Waals surface area contributed by atoms with Crippen molar-refractivity contribution in [3.63, 3.8) is 0 Å². The number of nitrogens with one attached hydrogen (secondary N) is 3. The largest absolute Gasteiger partial charge is 0.493 e. The summed E-state index contributed by atoms with van der Waals surface area (Å²) in [5.74, 6) is -1.92. The van der Waals surface area contributed by atoms with E-state index in [4.69, 9.17) is 9.47 Å². The molecular formula is C19H17N3O6. The summed E-state index contributed by atoms with van der Waals surface area (Å²) in [4.78, 5) is 49.7. The fourth-order valence-corrected chi connectivity index (χ4v) is 2.88. The maximum atomic E-state index is 12.9. The smallest absolute Gasteiger partial charge is 0.328 e. The molecule has 1 aliphatic heterocycles. The van der Waals surface area contributed by atoms with E-state index in [1.807, 2.05) is 10.6 Å². The van der Waals surface area contributed by atoms with Gasteiger partial charge >= 0.3 is 6.03 Å². The second-order valence-corrected chi connectivity index (χ2v) is 5.88. The summed E-state index contributed by atoms with van der Waals surface area (Å²) >= 11 is 0. The lowest BCUT2D eigenvalue weighted by Gasteiger charge is -2.34. The number of benzene rings is 2. The van der Waals surface area contributed by atoms with E-state index in [0.29, 0.717) is 11.5 Å². The number of barbiturate groups is 1. The molecular weight excluding hydrogens is 366 g/mol. The van der Waals surface area contributed by atoms with Gasteiger partial charge in [0, 0.05) is 5.56 Å². The molecule has 0 aromatic heterocycles. The fourth-order valence-electron chi connectivity index (χ4n) is 2.88. The molecule has 5 amide bonds. The number of hydrogen-bond acceptors (Lipinski definition) is 6. The highest BCUT2D eigenvalue weighted by atomic mass is 16.5. The molecule has 9 heteroatoms. The van der Waals surface area contributed by atoms with Crippen LogP contribution >= 0.6 is 0 Å². The van der Waals surface area contributed by atoms with Crippen molar-refractivity contribution in [3.05, 3.63) is 59.7 Å². The van der Waals surface area contributed by atoms with Gasteiger partial charge < -0.3 is 14.8 Å². The third kappa shape index (κ3) is 3.13. The third-order valence-corrected chi connectivity index (χ3v) is 4.29. The molecule has 0 atom stereocenters. The van der Waals surface area contributed by atoms with Crippen molar-refractivity contribution in [2.75, 3.05) is 14.2 Å². The molecule has 0 radical (unpaired) electrons. The van der Waals surface area contributed by atoms with E-state index < -0.39 is 29.3 Å². The Labute approximate surface area is 160 Å². The molecule has 0 saturated carbocycles. The van der Waals surface area contributed by atoms with Gasteiger partial charge in [0.15, 0.2) is 11.5 Å². The molecule has 28 heavy (non-hydrogen) atoms. The first kappa shape index (κ1) is 18.9. The minimum absolute atomic E-state index is 0.130. The van der Waals surface area contributed by atoms with Crippen molar-refractivity contribution in [2.45, 2.75) is 5.54 Å². The number of amides is 5. The van der Waals surface area contributed by atoms with Crippen LogP contribution in [-0.2, 0) is 15.1 Å². The first-order valence-corrected chi connectivity index (χ1v) is 8.19. The Morgan fingerprint density at radius 3 is 2.07 bits per heavy atom. The molecule has 3 N–H and O–H groups in total. The standard InChI is InChI=1S/C19H17N3O6/c1-27-13-9-8-11(10-14(13)28-2)15(23)22-19(12-6-4-3-5-7-12)16(24)20-18(26)21-17(19)25/h3-10H,1-2H3,(H,22,23)(H2,20,21,24,25,26). The van der Waals surface area contributed by atoms with Gasteiger partial charge in [0.25, 0.3) is 17.7 Å². The van der Waals surface area contributed by atoms with Crippen LogP contribution in [0.5, 0.6) is 11.5 Å². The van der Waals surface area contributed by atoms with Gasteiger partial charge in [-0.25, -0.2) is 4.79 Å². The van der Waals surface area contributed by atoms with Gasteiger partial charge in [0.05, 0.1) is 14.2 Å². The van der Waals surface area contributed by atoms with Gasteiger partial charge in [-0.15, -0.1) is 0 Å². The van der Waals surface area contributed by atoms with E-state index in [2.05, 4.69) is 5.32 Å². The molecule has 1 heterocycles. The lowest BCUT2D eigenvalue weighted by molar-refractivity contribution is -0.139. The highest BCUT2D eigenvalue weighted by Crippen LogP contribution is 2.29. The molecule has 2 aromatic rings. The van der Waals surface area contributed by atoms with Gasteiger partial charge in [-0.05, 0) is 23.8 Å². The van der Waals surface area contributed by atoms with Gasteiger partial charge in [-0.1, -0.05) is 30.3 Å². The number of carbonyl (C=O) groups is 4. The van der Waals surface area contributed by atoms with Crippen molar-refractivity contribution in [3.8, 4) is 11.5 Å². The van der Waals surface area contributed by atoms with Crippen LogP contribution in [0.1, 0.15) is 15.9 Å². The fraction of sp³-hybridized carbons (Fsp3) is 0.158. The number of hydrogen-bond donors (Lipinski definition) is 3. The number of carbonyl (C=O) groups excluding carboxylic acids is 4. The SMILES string of the molecule is COc1ccc(C(=O)NC2(c3ccccc3)C(=O)NC(=O)NC2=O)cc1OC. The zero-order valence-corrected chi connectivity index (χ0v) is 15.1. The second-order valence-electron chi connectivity index (χ2n) is 5.88. The minimum Gasteiger partial charge on any atom is -0.493 e. The Morgan fingerprint density at radius 2 is 1.50 bits per heavy atom. The van der Waals surface area contributed by atoms with Crippen LogP contribution in [0.4, 0.5) is 4.79 Å². The van der Waals surface area contributed by atoms with Crippen LogP contribution in [0.15, 0.2) is 48.5 Å². The van der Waals surface area contributed by atoms with E-state index in [0.717, 1.165) is 0 Å². The number of imide groups is 2. The van der Waals surface area contributed by atoms with E-state index >= 15 is 0 Å². The summed E-state index contributed by atoms with van der Waals surface area (Å²) in [6, 6.07) is 11.4. The molecule has 0 spiro atoms. The summed E-state index contributed by atoms with van der Waals surface area (Å²) in [6.07, 6.45) is 0. The van der Waals surface area contributed by atoms with E-state index in [1.54, 1.807) is 18.2 Å². The Hall–Kier alpha value is -3.88. The number of ether oxygens (including phenoxy) is 2. The van der Waals surface area contributed by atoms with Crippen LogP contribution in [0, 0.1) is 0 Å². The van der Waals surface area contributed by atoms with Gasteiger partial charge in [0.1, 0.15) is 0 Å².